The number of ketones is 1. The number of carbonyl (C=O) groups excluding carboxylic acids is 5. The van der Waals surface area contributed by atoms with Crippen LogP contribution in [0.15, 0.2) is 53.5 Å². The molecule has 5 aliphatic rings. The molecule has 1 aromatic carbocycles. The van der Waals surface area contributed by atoms with E-state index in [1.807, 2.05) is 30.3 Å². The molecule has 0 radical (unpaired) electrons. The predicted molar refractivity (Wildman–Crippen MR) is 187 cm³/mol. The summed E-state index contributed by atoms with van der Waals surface area (Å²) in [5, 5.41) is 11.8. The van der Waals surface area contributed by atoms with E-state index >= 15 is 0 Å². The van der Waals surface area contributed by atoms with Crippen molar-refractivity contribution in [2.45, 2.75) is 76.9 Å². The number of anilines is 1. The molecule has 2 heterocycles. The second-order valence-electron chi connectivity index (χ2n) is 14.4. The first kappa shape index (κ1) is 33.8. The molecule has 0 saturated heterocycles. The van der Waals surface area contributed by atoms with Crippen LogP contribution < -0.4 is 26.8 Å². The van der Waals surface area contributed by atoms with Crippen LogP contribution in [0.4, 0.5) is 5.69 Å². The number of rotatable bonds is 12. The highest BCUT2D eigenvalue weighted by atomic mass is 32.1. The fraction of sp³-hybridized carbons (Fsp3) is 0.486. The number of aromatic nitrogens is 2. The Labute approximate surface area is 293 Å². The van der Waals surface area contributed by atoms with E-state index in [2.05, 4.69) is 26.3 Å². The summed E-state index contributed by atoms with van der Waals surface area (Å²) in [4.78, 5) is 84.2. The second-order valence-corrected chi connectivity index (χ2v) is 15.4. The molecule has 0 spiro atoms. The number of hydrogen-bond acceptors (Lipinski definition) is 8. The zero-order valence-electron chi connectivity index (χ0n) is 28.2. The molecule has 2 aromatic heterocycles. The molecule has 12 nitrogen and oxygen atoms in total. The topological polar surface area (TPSA) is 168 Å². The number of nitrogens with zero attached hydrogens (tertiary/aromatic N) is 2. The van der Waals surface area contributed by atoms with Crippen LogP contribution in [0.2, 0.25) is 0 Å². The van der Waals surface area contributed by atoms with Gasteiger partial charge in [-0.3, -0.25) is 28.8 Å². The van der Waals surface area contributed by atoms with Gasteiger partial charge in [0.25, 0.3) is 23.3 Å². The van der Waals surface area contributed by atoms with Crippen molar-refractivity contribution in [2.24, 2.45) is 29.6 Å². The van der Waals surface area contributed by atoms with Crippen molar-refractivity contribution >= 4 is 46.4 Å². The first-order valence-corrected chi connectivity index (χ1v) is 18.3. The zero-order valence-corrected chi connectivity index (χ0v) is 29.0. The van der Waals surface area contributed by atoms with Gasteiger partial charge in [0.2, 0.25) is 11.7 Å². The molecule has 50 heavy (non-hydrogen) atoms. The Morgan fingerprint density at radius 2 is 1.66 bits per heavy atom. The Bertz CT molecular complexity index is 1880. The van der Waals surface area contributed by atoms with Gasteiger partial charge in [-0.25, -0.2) is 4.98 Å². The molecule has 3 aromatic rings. The molecule has 262 valence electrons. The number of nitrogens with one attached hydrogen (secondary N) is 4. The van der Waals surface area contributed by atoms with E-state index in [-0.39, 0.29) is 43.6 Å². The number of aryl methyl sites for hydroxylation is 1. The molecule has 4 N–H and O–H groups in total. The lowest BCUT2D eigenvalue weighted by molar-refractivity contribution is -0.138. The summed E-state index contributed by atoms with van der Waals surface area (Å²) < 4.78 is 1.26. The summed E-state index contributed by atoms with van der Waals surface area (Å²) in [7, 11) is 0. The van der Waals surface area contributed by atoms with Gasteiger partial charge in [-0.1, -0.05) is 30.3 Å². The third-order valence-electron chi connectivity index (χ3n) is 11.0. The van der Waals surface area contributed by atoms with E-state index in [0.717, 1.165) is 43.1 Å². The summed E-state index contributed by atoms with van der Waals surface area (Å²) in [5.74, 6) is -1.07. The van der Waals surface area contributed by atoms with Crippen molar-refractivity contribution in [3.8, 4) is 10.6 Å². The molecule has 2 atom stereocenters. The monoisotopic (exact) mass is 698 g/mol. The van der Waals surface area contributed by atoms with Crippen LogP contribution in [0.1, 0.15) is 67.2 Å². The van der Waals surface area contributed by atoms with Crippen LogP contribution in [-0.2, 0) is 25.7 Å². The summed E-state index contributed by atoms with van der Waals surface area (Å²) in [5.41, 5.74) is -0.850. The van der Waals surface area contributed by atoms with Crippen molar-refractivity contribution in [2.75, 3.05) is 11.9 Å². The lowest BCUT2D eigenvalue weighted by atomic mass is 9.54. The molecule has 8 rings (SSSR count). The van der Waals surface area contributed by atoms with Gasteiger partial charge in [0.15, 0.2) is 0 Å². The predicted octanol–water partition coefficient (Wildman–Crippen LogP) is 3.44. The maximum atomic E-state index is 14.0. The fourth-order valence-electron chi connectivity index (χ4n) is 8.75. The van der Waals surface area contributed by atoms with Crippen molar-refractivity contribution in [1.82, 2.24) is 25.5 Å². The van der Waals surface area contributed by atoms with Gasteiger partial charge in [0, 0.05) is 36.7 Å². The minimum atomic E-state index is -1.55. The maximum Gasteiger partial charge on any atom is 0.287 e. The normalized spacial score (nSPS) is 27.3. The highest BCUT2D eigenvalue weighted by molar-refractivity contribution is 7.17. The van der Waals surface area contributed by atoms with Gasteiger partial charge in [-0.05, 0) is 88.2 Å². The first-order chi connectivity index (χ1) is 24.0. The van der Waals surface area contributed by atoms with E-state index in [4.69, 9.17) is 0 Å². The first-order valence-electron chi connectivity index (χ1n) is 17.5. The number of amides is 4. The number of thiazole rings is 1. The molecule has 4 bridgehead atoms. The largest absolute Gasteiger partial charge is 0.351 e. The highest BCUT2D eigenvalue weighted by Gasteiger charge is 2.62. The Morgan fingerprint density at radius 1 is 0.960 bits per heavy atom. The number of Topliss-reactive ketones (excluding diaryl/α,β-unsaturated/α-hetero) is 1. The van der Waals surface area contributed by atoms with Gasteiger partial charge in [0.1, 0.15) is 27.7 Å². The van der Waals surface area contributed by atoms with Gasteiger partial charge in [-0.2, -0.15) is 0 Å². The Hall–Kier alpha value is -4.65. The van der Waals surface area contributed by atoms with Crippen LogP contribution in [-0.4, -0.2) is 57.1 Å². The molecule has 2 unspecified atom stereocenters. The van der Waals surface area contributed by atoms with Gasteiger partial charge in [0.05, 0.1) is 5.69 Å². The number of likely N-dealkylation sites (N-methyl/N-ethyl adjacent to an activating group) is 1. The Balaban J connectivity index is 1.07. The SMILES string of the molecule is CCNC(=O)C(=O)CC1CC1(NC(=O)c1sc(-c2ccccc2)nc1C)C(=O)Nc1cccn(CC(=O)NC2C3CC4CC(C3)CC2C4)c1=O. The third kappa shape index (κ3) is 6.62. The van der Waals surface area contributed by atoms with Crippen molar-refractivity contribution in [3.05, 3.63) is 69.6 Å². The van der Waals surface area contributed by atoms with Crippen LogP contribution in [0.5, 0.6) is 0 Å². The third-order valence-corrected chi connectivity index (χ3v) is 12.2. The number of pyridine rings is 1. The number of benzene rings is 1. The van der Waals surface area contributed by atoms with Crippen LogP contribution >= 0.6 is 11.3 Å². The standard InChI is InChI=1S/C37H42N6O6S/c1-3-38-32(46)28(44)17-26-18-37(26,42-33(47)31-20(2)39-34(50-31)23-8-5-4-6-9-23)36(49)40-27-10-7-11-43(35(27)48)19-29(45)41-30-24-13-21-12-22(15-24)16-25(30)14-21/h4-11,21-22,24-26,30H,3,12-19H2,1-2H3,(H,38,46)(H,40,49)(H,41,45)(H,42,47). The van der Waals surface area contributed by atoms with E-state index < -0.39 is 40.5 Å². The molecule has 5 fully saturated rings. The highest BCUT2D eigenvalue weighted by Crippen LogP contribution is 2.53. The Morgan fingerprint density at radius 3 is 2.34 bits per heavy atom. The van der Waals surface area contributed by atoms with Crippen molar-refractivity contribution < 1.29 is 24.0 Å². The lowest BCUT2D eigenvalue weighted by Gasteiger charge is -2.54. The Kier molecular flexibility index (Phi) is 9.19. The van der Waals surface area contributed by atoms with Crippen molar-refractivity contribution in [1.29, 1.82) is 0 Å². The minimum absolute atomic E-state index is 0.0606. The van der Waals surface area contributed by atoms with Crippen molar-refractivity contribution in [3.63, 3.8) is 0 Å². The second kappa shape index (κ2) is 13.6. The van der Waals surface area contributed by atoms with E-state index in [1.54, 1.807) is 19.9 Å². The van der Waals surface area contributed by atoms with E-state index in [1.165, 1.54) is 34.6 Å². The summed E-state index contributed by atoms with van der Waals surface area (Å²) in [6.45, 7) is 3.48. The van der Waals surface area contributed by atoms with Crippen LogP contribution in [0.3, 0.4) is 0 Å². The molecule has 5 saturated carbocycles. The van der Waals surface area contributed by atoms with Crippen LogP contribution in [0, 0.1) is 36.5 Å². The van der Waals surface area contributed by atoms with Gasteiger partial charge in [-0.15, -0.1) is 11.3 Å². The summed E-state index contributed by atoms with van der Waals surface area (Å²) in [6, 6.07) is 12.6. The maximum absolute atomic E-state index is 14.0. The van der Waals surface area contributed by atoms with Gasteiger partial charge >= 0.3 is 0 Å². The number of hydrogen-bond donors (Lipinski definition) is 4. The number of carbonyl (C=O) groups is 5. The average molecular weight is 699 g/mol. The molecule has 5 aliphatic carbocycles. The molecule has 0 aliphatic heterocycles. The molecule has 4 amide bonds. The quantitative estimate of drug-likeness (QED) is 0.210. The smallest absolute Gasteiger partial charge is 0.287 e. The van der Waals surface area contributed by atoms with Gasteiger partial charge < -0.3 is 25.8 Å². The fourth-order valence-corrected chi connectivity index (χ4v) is 9.71. The summed E-state index contributed by atoms with van der Waals surface area (Å²) >= 11 is 1.18. The molecule has 13 heteroatoms. The van der Waals surface area contributed by atoms with E-state index in [9.17, 15) is 28.8 Å². The molecular formula is C37H42N6O6S. The average Bonchev–Trinajstić information content (AvgIpc) is 3.62. The van der Waals surface area contributed by atoms with Crippen LogP contribution in [0.25, 0.3) is 10.6 Å². The lowest BCUT2D eigenvalue weighted by Crippen LogP contribution is -2.56. The van der Waals surface area contributed by atoms with E-state index in [0.29, 0.717) is 27.4 Å². The zero-order chi connectivity index (χ0) is 35.2. The molecular weight excluding hydrogens is 657 g/mol. The summed E-state index contributed by atoms with van der Waals surface area (Å²) in [6.07, 6.45) is 7.28. The minimum Gasteiger partial charge on any atom is -0.351 e.